The van der Waals surface area contributed by atoms with Gasteiger partial charge >= 0.3 is 5.97 Å². The highest BCUT2D eigenvalue weighted by molar-refractivity contribution is 14.1. The van der Waals surface area contributed by atoms with Gasteiger partial charge in [0.2, 0.25) is 0 Å². The molecule has 118 valence electrons. The Labute approximate surface area is 143 Å². The third-order valence-electron chi connectivity index (χ3n) is 4.07. The molecule has 1 aliphatic carbocycles. The number of allylic oxidation sites excluding steroid dienone is 1. The van der Waals surface area contributed by atoms with Crippen LogP contribution in [0.2, 0.25) is 0 Å². The summed E-state index contributed by atoms with van der Waals surface area (Å²) >= 11 is 2.24. The molecule has 0 saturated carbocycles. The van der Waals surface area contributed by atoms with E-state index in [0.29, 0.717) is 12.3 Å². The minimum atomic E-state index is -0.352. The summed E-state index contributed by atoms with van der Waals surface area (Å²) in [4.78, 5) is 16.7. The second-order valence-electron chi connectivity index (χ2n) is 6.13. The number of aryl methyl sites for hydroxylation is 1. The number of aromatic nitrogens is 2. The van der Waals surface area contributed by atoms with E-state index in [1.54, 1.807) is 11.6 Å². The number of hydrogen-bond donors (Lipinski definition) is 1. The monoisotopic (exact) mass is 414 g/mol. The largest absolute Gasteiger partial charge is 0.461 e. The molecule has 0 aromatic carbocycles. The van der Waals surface area contributed by atoms with Crippen molar-refractivity contribution in [1.82, 2.24) is 15.1 Å². The molecule has 0 bridgehead atoms. The number of esters is 1. The fourth-order valence-corrected chi connectivity index (χ4v) is 3.57. The summed E-state index contributed by atoms with van der Waals surface area (Å²) in [5.41, 5.74) is 4.41. The molecule has 1 atom stereocenters. The van der Waals surface area contributed by atoms with E-state index in [1.165, 1.54) is 0 Å². The number of nitrogens with one attached hydrogen (secondary N) is 1. The van der Waals surface area contributed by atoms with Crippen molar-refractivity contribution in [2.24, 2.45) is 17.5 Å². The van der Waals surface area contributed by atoms with Gasteiger partial charge in [0.15, 0.2) is 9.87 Å². The molecule has 2 aliphatic rings. The molecule has 0 spiro atoms. The van der Waals surface area contributed by atoms with Gasteiger partial charge < -0.3 is 10.1 Å². The Bertz CT molecular complexity index is 703. The van der Waals surface area contributed by atoms with Crippen molar-refractivity contribution in [3.8, 4) is 0 Å². The first kappa shape index (κ1) is 15.5. The van der Waals surface area contributed by atoms with Crippen LogP contribution < -0.4 is 5.32 Å². The van der Waals surface area contributed by atoms with Crippen LogP contribution >= 0.6 is 22.6 Å². The van der Waals surface area contributed by atoms with Crippen molar-refractivity contribution >= 4 is 40.5 Å². The van der Waals surface area contributed by atoms with Gasteiger partial charge in [-0.25, -0.2) is 4.79 Å². The van der Waals surface area contributed by atoms with E-state index in [1.807, 2.05) is 13.3 Å². The Balaban J connectivity index is 2.18. The van der Waals surface area contributed by atoms with E-state index in [-0.39, 0.29) is 15.6 Å². The van der Waals surface area contributed by atoms with Crippen LogP contribution in [-0.2, 0) is 18.2 Å². The first-order valence-corrected chi connectivity index (χ1v) is 8.51. The molecular formula is C15H19IN4O2. The molecule has 0 saturated heterocycles. The Morgan fingerprint density at radius 3 is 3.00 bits per heavy atom. The molecule has 1 N–H and O–H groups in total. The molecular weight excluding hydrogens is 395 g/mol. The van der Waals surface area contributed by atoms with E-state index < -0.39 is 0 Å². The van der Waals surface area contributed by atoms with Crippen LogP contribution in [0.1, 0.15) is 42.5 Å². The second kappa shape index (κ2) is 5.36. The van der Waals surface area contributed by atoms with Crippen LogP contribution in [0.25, 0.3) is 5.70 Å². The molecule has 1 aromatic heterocycles. The number of fused-ring (bicyclic) bond motifs is 2. The predicted molar refractivity (Wildman–Crippen MR) is 93.0 cm³/mol. The van der Waals surface area contributed by atoms with Crippen molar-refractivity contribution in [3.05, 3.63) is 22.5 Å². The average Bonchev–Trinajstić information content (AvgIpc) is 2.75. The van der Waals surface area contributed by atoms with E-state index in [4.69, 9.17) is 4.74 Å². The SMILES string of the molecule is CCOC(=O)c1nn(C)c2c1CC(C)(C)C1=C2NC(I)N=C1. The normalized spacial score (nSPS) is 22.0. The number of ether oxygens (including phenoxy) is 1. The van der Waals surface area contributed by atoms with E-state index in [2.05, 4.69) is 51.8 Å². The van der Waals surface area contributed by atoms with Crippen LogP contribution in [-0.4, -0.2) is 32.7 Å². The zero-order chi connectivity index (χ0) is 16.1. The Morgan fingerprint density at radius 1 is 1.59 bits per heavy atom. The highest BCUT2D eigenvalue weighted by Crippen LogP contribution is 2.43. The maximum atomic E-state index is 12.2. The molecule has 3 rings (SSSR count). The minimum Gasteiger partial charge on any atom is -0.461 e. The Morgan fingerprint density at radius 2 is 2.32 bits per heavy atom. The van der Waals surface area contributed by atoms with Crippen LogP contribution in [0, 0.1) is 5.41 Å². The van der Waals surface area contributed by atoms with Gasteiger partial charge in [0.25, 0.3) is 0 Å². The van der Waals surface area contributed by atoms with Gasteiger partial charge in [-0.05, 0) is 41.4 Å². The molecule has 0 fully saturated rings. The van der Waals surface area contributed by atoms with E-state index in [9.17, 15) is 4.79 Å². The lowest BCUT2D eigenvalue weighted by molar-refractivity contribution is 0.0517. The van der Waals surface area contributed by atoms with Gasteiger partial charge in [-0.3, -0.25) is 9.67 Å². The Kier molecular flexibility index (Phi) is 3.78. The standard InChI is InChI=1S/C15H19IN4O2/c1-5-22-13(21)10-8-6-15(2,3)9-7-17-14(16)18-11(9)12(8)20(4)19-10/h7,14,18H,5-6H2,1-4H3. The maximum Gasteiger partial charge on any atom is 0.359 e. The fraction of sp³-hybridized carbons (Fsp3) is 0.533. The van der Waals surface area contributed by atoms with E-state index in [0.717, 1.165) is 28.9 Å². The lowest BCUT2D eigenvalue weighted by atomic mass is 9.73. The highest BCUT2D eigenvalue weighted by Gasteiger charge is 2.39. The first-order valence-electron chi connectivity index (χ1n) is 7.27. The second-order valence-corrected chi connectivity index (χ2v) is 7.31. The lowest BCUT2D eigenvalue weighted by Crippen LogP contribution is -2.36. The summed E-state index contributed by atoms with van der Waals surface area (Å²) in [6.45, 7) is 6.47. The van der Waals surface area contributed by atoms with Gasteiger partial charge in [0.05, 0.1) is 18.0 Å². The molecule has 6 nitrogen and oxygen atoms in total. The Hall–Kier alpha value is -1.38. The summed E-state index contributed by atoms with van der Waals surface area (Å²) in [6.07, 6.45) is 2.69. The van der Waals surface area contributed by atoms with Crippen molar-refractivity contribution in [2.45, 2.75) is 31.4 Å². The van der Waals surface area contributed by atoms with Crippen molar-refractivity contribution < 1.29 is 9.53 Å². The van der Waals surface area contributed by atoms with Crippen molar-refractivity contribution in [1.29, 1.82) is 0 Å². The summed E-state index contributed by atoms with van der Waals surface area (Å²) < 4.78 is 6.90. The van der Waals surface area contributed by atoms with Gasteiger partial charge in [0, 0.05) is 24.4 Å². The number of nitrogens with zero attached hydrogens (tertiary/aromatic N) is 3. The van der Waals surface area contributed by atoms with E-state index >= 15 is 0 Å². The number of aliphatic imine (C=N–C) groups is 1. The van der Waals surface area contributed by atoms with Gasteiger partial charge in [-0.2, -0.15) is 5.10 Å². The molecule has 1 unspecified atom stereocenters. The number of alkyl halides is 1. The van der Waals surface area contributed by atoms with Crippen LogP contribution in [0.4, 0.5) is 0 Å². The van der Waals surface area contributed by atoms with Gasteiger partial charge in [-0.1, -0.05) is 13.8 Å². The number of halogens is 1. The molecule has 1 aromatic rings. The topological polar surface area (TPSA) is 68.5 Å². The van der Waals surface area contributed by atoms with Gasteiger partial charge in [0.1, 0.15) is 0 Å². The number of carbonyl (C=O) groups is 1. The molecule has 22 heavy (non-hydrogen) atoms. The highest BCUT2D eigenvalue weighted by atomic mass is 127. The molecule has 2 heterocycles. The summed E-state index contributed by atoms with van der Waals surface area (Å²) in [6, 6.07) is 0. The number of hydrogen-bond acceptors (Lipinski definition) is 5. The van der Waals surface area contributed by atoms with Crippen LogP contribution in [0.15, 0.2) is 10.6 Å². The van der Waals surface area contributed by atoms with Gasteiger partial charge in [-0.15, -0.1) is 0 Å². The first-order chi connectivity index (χ1) is 10.3. The maximum absolute atomic E-state index is 12.2. The lowest BCUT2D eigenvalue weighted by Gasteiger charge is -2.36. The number of carbonyl (C=O) groups excluding carboxylic acids is 1. The summed E-state index contributed by atoms with van der Waals surface area (Å²) in [5, 5.41) is 7.82. The molecule has 7 heteroatoms. The average molecular weight is 414 g/mol. The molecule has 0 amide bonds. The molecule has 1 aliphatic heterocycles. The zero-order valence-electron chi connectivity index (χ0n) is 13.1. The summed E-state index contributed by atoms with van der Waals surface area (Å²) in [7, 11) is 1.86. The number of rotatable bonds is 2. The molecule has 0 radical (unpaired) electrons. The smallest absolute Gasteiger partial charge is 0.359 e. The third-order valence-corrected chi connectivity index (χ3v) is 4.70. The van der Waals surface area contributed by atoms with Crippen molar-refractivity contribution in [3.63, 3.8) is 0 Å². The zero-order valence-corrected chi connectivity index (χ0v) is 15.3. The fourth-order valence-electron chi connectivity index (χ4n) is 3.10. The predicted octanol–water partition coefficient (Wildman–Crippen LogP) is 2.28. The van der Waals surface area contributed by atoms with Crippen molar-refractivity contribution in [2.75, 3.05) is 6.61 Å². The van der Waals surface area contributed by atoms with Crippen LogP contribution in [0.5, 0.6) is 0 Å². The quantitative estimate of drug-likeness (QED) is 0.349. The summed E-state index contributed by atoms with van der Waals surface area (Å²) in [5.74, 6) is -0.352. The van der Waals surface area contributed by atoms with Crippen LogP contribution in [0.3, 0.4) is 0 Å². The third kappa shape index (κ3) is 2.35. The minimum absolute atomic E-state index is 0.0148.